The summed E-state index contributed by atoms with van der Waals surface area (Å²) in [6.07, 6.45) is 0. The van der Waals surface area contributed by atoms with Crippen LogP contribution in [0.3, 0.4) is 0 Å². The van der Waals surface area contributed by atoms with E-state index < -0.39 is 28.5 Å². The van der Waals surface area contributed by atoms with Gasteiger partial charge < -0.3 is 14.8 Å². The Labute approximate surface area is 164 Å². The topological polar surface area (TPSA) is 102 Å². The second-order valence-corrected chi connectivity index (χ2v) is 7.96. The average molecular weight is 406 g/mol. The van der Waals surface area contributed by atoms with Crippen molar-refractivity contribution < 1.29 is 27.5 Å². The van der Waals surface area contributed by atoms with E-state index in [0.29, 0.717) is 5.69 Å². The number of ether oxygens (including phenoxy) is 2. The van der Waals surface area contributed by atoms with E-state index in [1.54, 1.807) is 0 Å². The maximum absolute atomic E-state index is 12.7. The number of esters is 1. The van der Waals surface area contributed by atoms with Gasteiger partial charge in [-0.2, -0.15) is 4.31 Å². The normalized spacial score (nSPS) is 11.2. The summed E-state index contributed by atoms with van der Waals surface area (Å²) in [6.45, 7) is -0.451. The number of hydrogen-bond donors (Lipinski definition) is 1. The number of amides is 1. The van der Waals surface area contributed by atoms with Crippen molar-refractivity contribution in [3.63, 3.8) is 0 Å². The molecule has 0 aromatic heterocycles. The Bertz CT molecular complexity index is 898. The van der Waals surface area contributed by atoms with Gasteiger partial charge in [0.25, 0.3) is 5.91 Å². The van der Waals surface area contributed by atoms with Crippen LogP contribution in [0.25, 0.3) is 0 Å². The number of carbonyl (C=O) groups excluding carboxylic acids is 2. The molecular formula is C19H22N2O6S. The van der Waals surface area contributed by atoms with Crippen LogP contribution in [0.1, 0.15) is 5.56 Å². The summed E-state index contributed by atoms with van der Waals surface area (Å²) in [4.78, 5) is 23.0. The molecule has 0 saturated heterocycles. The summed E-state index contributed by atoms with van der Waals surface area (Å²) < 4.78 is 35.9. The predicted molar refractivity (Wildman–Crippen MR) is 103 cm³/mol. The highest BCUT2D eigenvalue weighted by atomic mass is 32.2. The quantitative estimate of drug-likeness (QED) is 0.635. The molecule has 28 heavy (non-hydrogen) atoms. The van der Waals surface area contributed by atoms with Gasteiger partial charge in [-0.1, -0.05) is 30.3 Å². The molecule has 0 saturated carbocycles. The van der Waals surface area contributed by atoms with Crippen LogP contribution in [0.5, 0.6) is 0 Å². The lowest BCUT2D eigenvalue weighted by Gasteiger charge is -2.17. The molecule has 0 unspecified atom stereocenters. The van der Waals surface area contributed by atoms with E-state index >= 15 is 0 Å². The summed E-state index contributed by atoms with van der Waals surface area (Å²) in [6, 6.07) is 15.0. The molecule has 8 nitrogen and oxygen atoms in total. The number of benzene rings is 2. The molecular weight excluding hydrogens is 384 g/mol. The van der Waals surface area contributed by atoms with Crippen molar-refractivity contribution in [2.75, 3.05) is 32.7 Å². The van der Waals surface area contributed by atoms with Gasteiger partial charge in [0.2, 0.25) is 10.0 Å². The fourth-order valence-electron chi connectivity index (χ4n) is 2.32. The minimum Gasteiger partial charge on any atom is -0.454 e. The van der Waals surface area contributed by atoms with Crippen molar-refractivity contribution in [2.24, 2.45) is 0 Å². The SMILES string of the molecule is COCC(=O)OCC(=O)Nc1ccc(S(=O)(=O)N(C)Cc2ccccc2)cc1. The van der Waals surface area contributed by atoms with Gasteiger partial charge in [-0.05, 0) is 29.8 Å². The molecule has 150 valence electrons. The van der Waals surface area contributed by atoms with Crippen LogP contribution in [0, 0.1) is 0 Å². The molecule has 2 aromatic rings. The Kier molecular flexibility index (Phi) is 7.68. The van der Waals surface area contributed by atoms with E-state index in [1.165, 1.54) is 42.7 Å². The van der Waals surface area contributed by atoms with Gasteiger partial charge in [0.1, 0.15) is 6.61 Å². The smallest absolute Gasteiger partial charge is 0.332 e. The summed E-state index contributed by atoms with van der Waals surface area (Å²) in [5.41, 5.74) is 1.26. The van der Waals surface area contributed by atoms with Gasteiger partial charge in [-0.25, -0.2) is 13.2 Å². The van der Waals surface area contributed by atoms with Crippen molar-refractivity contribution in [2.45, 2.75) is 11.4 Å². The maximum Gasteiger partial charge on any atom is 0.332 e. The number of anilines is 1. The largest absolute Gasteiger partial charge is 0.454 e. The molecule has 2 aromatic carbocycles. The van der Waals surface area contributed by atoms with E-state index in [-0.39, 0.29) is 18.0 Å². The third-order valence-corrected chi connectivity index (χ3v) is 5.54. The first-order valence-electron chi connectivity index (χ1n) is 8.37. The highest BCUT2D eigenvalue weighted by Crippen LogP contribution is 2.19. The van der Waals surface area contributed by atoms with Gasteiger partial charge in [0.05, 0.1) is 4.90 Å². The first kappa shape index (κ1) is 21.5. The highest BCUT2D eigenvalue weighted by molar-refractivity contribution is 7.89. The van der Waals surface area contributed by atoms with Gasteiger partial charge in [-0.15, -0.1) is 0 Å². The van der Waals surface area contributed by atoms with Crippen LogP contribution in [-0.4, -0.2) is 52.0 Å². The van der Waals surface area contributed by atoms with Crippen LogP contribution < -0.4 is 5.32 Å². The summed E-state index contributed by atoms with van der Waals surface area (Å²) in [7, 11) is -0.825. The molecule has 9 heteroatoms. The number of nitrogens with zero attached hydrogens (tertiary/aromatic N) is 1. The Morgan fingerprint density at radius 2 is 1.64 bits per heavy atom. The Balaban J connectivity index is 1.96. The first-order chi connectivity index (χ1) is 13.3. The minimum atomic E-state index is -3.67. The summed E-state index contributed by atoms with van der Waals surface area (Å²) >= 11 is 0. The van der Waals surface area contributed by atoms with Crippen molar-refractivity contribution in [1.29, 1.82) is 0 Å². The van der Waals surface area contributed by atoms with Gasteiger partial charge in [-0.3, -0.25) is 4.79 Å². The van der Waals surface area contributed by atoms with Gasteiger partial charge >= 0.3 is 5.97 Å². The van der Waals surface area contributed by atoms with Crippen molar-refractivity contribution >= 4 is 27.6 Å². The highest BCUT2D eigenvalue weighted by Gasteiger charge is 2.21. The molecule has 0 aliphatic carbocycles. The lowest BCUT2D eigenvalue weighted by molar-refractivity contribution is -0.150. The Morgan fingerprint density at radius 3 is 2.25 bits per heavy atom. The zero-order valence-electron chi connectivity index (χ0n) is 15.6. The zero-order chi connectivity index (χ0) is 20.6. The Hall–Kier alpha value is -2.75. The zero-order valence-corrected chi connectivity index (χ0v) is 16.4. The van der Waals surface area contributed by atoms with Crippen molar-refractivity contribution in [1.82, 2.24) is 4.31 Å². The molecule has 1 amide bonds. The fourth-order valence-corrected chi connectivity index (χ4v) is 3.48. The lowest BCUT2D eigenvalue weighted by atomic mass is 10.2. The van der Waals surface area contributed by atoms with Gasteiger partial charge in [0.15, 0.2) is 6.61 Å². The number of hydrogen-bond acceptors (Lipinski definition) is 6. The lowest BCUT2D eigenvalue weighted by Crippen LogP contribution is -2.26. The van der Waals surface area contributed by atoms with Crippen LogP contribution in [0.4, 0.5) is 5.69 Å². The molecule has 2 rings (SSSR count). The Morgan fingerprint density at radius 1 is 1.00 bits per heavy atom. The van der Waals surface area contributed by atoms with Crippen LogP contribution >= 0.6 is 0 Å². The molecule has 0 aliphatic heterocycles. The molecule has 0 atom stereocenters. The molecule has 0 spiro atoms. The fraction of sp³-hybridized carbons (Fsp3) is 0.263. The van der Waals surface area contributed by atoms with E-state index in [0.717, 1.165) is 5.56 Å². The third-order valence-electron chi connectivity index (χ3n) is 3.72. The molecule has 0 bridgehead atoms. The third kappa shape index (κ3) is 6.15. The monoisotopic (exact) mass is 406 g/mol. The molecule has 0 aliphatic rings. The van der Waals surface area contributed by atoms with Crippen molar-refractivity contribution in [3.8, 4) is 0 Å². The molecule has 0 fully saturated rings. The second kappa shape index (κ2) is 9.98. The van der Waals surface area contributed by atoms with E-state index in [1.807, 2.05) is 30.3 Å². The number of carbonyl (C=O) groups is 2. The number of rotatable bonds is 9. The minimum absolute atomic E-state index is 0.107. The standard InChI is InChI=1S/C19H22N2O6S/c1-21(12-15-6-4-3-5-7-15)28(24,25)17-10-8-16(9-11-17)20-18(22)13-27-19(23)14-26-2/h3-11H,12-14H2,1-2H3,(H,20,22). The van der Waals surface area contributed by atoms with Gasteiger partial charge in [0, 0.05) is 26.4 Å². The van der Waals surface area contributed by atoms with Crippen LogP contribution in [0.2, 0.25) is 0 Å². The summed E-state index contributed by atoms with van der Waals surface area (Å²) in [5, 5.41) is 2.52. The average Bonchev–Trinajstić information content (AvgIpc) is 2.68. The second-order valence-electron chi connectivity index (χ2n) is 5.91. The molecule has 0 heterocycles. The molecule has 0 radical (unpaired) electrons. The number of nitrogens with one attached hydrogen (secondary N) is 1. The first-order valence-corrected chi connectivity index (χ1v) is 9.81. The van der Waals surface area contributed by atoms with Crippen LogP contribution in [-0.2, 0) is 35.6 Å². The van der Waals surface area contributed by atoms with E-state index in [4.69, 9.17) is 4.74 Å². The number of sulfonamides is 1. The summed E-state index contributed by atoms with van der Waals surface area (Å²) in [5.74, 6) is -1.19. The van der Waals surface area contributed by atoms with Crippen molar-refractivity contribution in [3.05, 3.63) is 60.2 Å². The van der Waals surface area contributed by atoms with E-state index in [2.05, 4.69) is 10.1 Å². The number of methoxy groups -OCH3 is 1. The van der Waals surface area contributed by atoms with Crippen LogP contribution in [0.15, 0.2) is 59.5 Å². The maximum atomic E-state index is 12.7. The predicted octanol–water partition coefficient (Wildman–Crippen LogP) is 1.64. The van der Waals surface area contributed by atoms with E-state index in [9.17, 15) is 18.0 Å². The molecule has 1 N–H and O–H groups in total.